The highest BCUT2D eigenvalue weighted by atomic mass is 16.2. The van der Waals surface area contributed by atoms with Crippen LogP contribution in [0.15, 0.2) is 11.1 Å². The van der Waals surface area contributed by atoms with Crippen LogP contribution in [0.3, 0.4) is 0 Å². The molecule has 2 amide bonds. The van der Waals surface area contributed by atoms with Gasteiger partial charge in [-0.2, -0.15) is 0 Å². The van der Waals surface area contributed by atoms with Crippen molar-refractivity contribution in [2.75, 3.05) is 26.2 Å². The molecule has 2 fully saturated rings. The maximum absolute atomic E-state index is 11.7. The Labute approximate surface area is 101 Å². The lowest BCUT2D eigenvalue weighted by Crippen LogP contribution is -2.39. The number of carbonyl (C=O) groups is 2. The Morgan fingerprint density at radius 2 is 1.88 bits per heavy atom. The quantitative estimate of drug-likeness (QED) is 0.448. The van der Waals surface area contributed by atoms with E-state index in [1.165, 1.54) is 5.57 Å². The molecule has 0 unspecified atom stereocenters. The molecule has 94 valence electrons. The molecule has 3 N–H and O–H groups in total. The van der Waals surface area contributed by atoms with Crippen molar-refractivity contribution in [3.8, 4) is 0 Å². The van der Waals surface area contributed by atoms with Gasteiger partial charge in [0, 0.05) is 37.7 Å². The monoisotopic (exact) mass is 237 g/mol. The standard InChI is InChI=1S/C12H19N3O2/c1-8(10-6-13-7-10)11(16)14-4-5-15-12(17)9-2-3-9/h9,13H,2-7H2,1H3,(H,14,16)(H,15,17). The van der Waals surface area contributed by atoms with Crippen molar-refractivity contribution in [1.29, 1.82) is 0 Å². The number of carbonyl (C=O) groups excluding carboxylic acids is 2. The van der Waals surface area contributed by atoms with E-state index in [2.05, 4.69) is 16.0 Å². The van der Waals surface area contributed by atoms with Crippen molar-refractivity contribution in [3.63, 3.8) is 0 Å². The lowest BCUT2D eigenvalue weighted by atomic mass is 10.0. The van der Waals surface area contributed by atoms with Gasteiger partial charge in [-0.05, 0) is 25.3 Å². The number of hydrogen-bond donors (Lipinski definition) is 3. The summed E-state index contributed by atoms with van der Waals surface area (Å²) in [6, 6.07) is 0. The fourth-order valence-corrected chi connectivity index (χ4v) is 1.66. The predicted molar refractivity (Wildman–Crippen MR) is 64.3 cm³/mol. The highest BCUT2D eigenvalue weighted by molar-refractivity contribution is 5.94. The molecule has 5 nitrogen and oxygen atoms in total. The van der Waals surface area contributed by atoms with Crippen molar-refractivity contribution >= 4 is 11.8 Å². The topological polar surface area (TPSA) is 70.2 Å². The molecule has 0 aromatic heterocycles. The van der Waals surface area contributed by atoms with E-state index >= 15 is 0 Å². The second-order valence-electron chi connectivity index (χ2n) is 4.65. The second kappa shape index (κ2) is 5.31. The highest BCUT2D eigenvalue weighted by Crippen LogP contribution is 2.28. The number of hydrogen-bond acceptors (Lipinski definition) is 3. The van der Waals surface area contributed by atoms with Crippen molar-refractivity contribution in [1.82, 2.24) is 16.0 Å². The van der Waals surface area contributed by atoms with E-state index in [-0.39, 0.29) is 17.7 Å². The molecule has 2 aliphatic rings. The molecule has 5 heteroatoms. The van der Waals surface area contributed by atoms with Crippen molar-refractivity contribution in [2.45, 2.75) is 19.8 Å². The largest absolute Gasteiger partial charge is 0.354 e. The van der Waals surface area contributed by atoms with Gasteiger partial charge in [-0.3, -0.25) is 9.59 Å². The SMILES string of the molecule is CC(C(=O)NCCNC(=O)C1CC1)=C1CNC1. The number of nitrogens with one attached hydrogen (secondary N) is 3. The maximum atomic E-state index is 11.7. The Kier molecular flexibility index (Phi) is 3.78. The molecule has 17 heavy (non-hydrogen) atoms. The van der Waals surface area contributed by atoms with Crippen LogP contribution in [0.2, 0.25) is 0 Å². The van der Waals surface area contributed by atoms with Gasteiger partial charge in [-0.25, -0.2) is 0 Å². The van der Waals surface area contributed by atoms with Crippen LogP contribution in [0.5, 0.6) is 0 Å². The molecular weight excluding hydrogens is 218 g/mol. The Balaban J connectivity index is 1.61. The van der Waals surface area contributed by atoms with E-state index in [1.807, 2.05) is 6.92 Å². The first-order valence-corrected chi connectivity index (χ1v) is 6.13. The first-order chi connectivity index (χ1) is 8.18. The highest BCUT2D eigenvalue weighted by Gasteiger charge is 2.29. The molecule has 0 spiro atoms. The van der Waals surface area contributed by atoms with Gasteiger partial charge in [0.25, 0.3) is 0 Å². The summed E-state index contributed by atoms with van der Waals surface area (Å²) in [4.78, 5) is 23.0. The summed E-state index contributed by atoms with van der Waals surface area (Å²) in [7, 11) is 0. The van der Waals surface area contributed by atoms with E-state index < -0.39 is 0 Å². The zero-order chi connectivity index (χ0) is 12.3. The Hall–Kier alpha value is -1.36. The first kappa shape index (κ1) is 12.1. The molecule has 0 bridgehead atoms. The third kappa shape index (κ3) is 3.30. The fraction of sp³-hybridized carbons (Fsp3) is 0.667. The zero-order valence-corrected chi connectivity index (χ0v) is 10.1. The summed E-state index contributed by atoms with van der Waals surface area (Å²) >= 11 is 0. The van der Waals surface area contributed by atoms with Crippen LogP contribution in [-0.4, -0.2) is 38.0 Å². The molecule has 2 rings (SSSR count). The summed E-state index contributed by atoms with van der Waals surface area (Å²) < 4.78 is 0. The van der Waals surface area contributed by atoms with Gasteiger partial charge < -0.3 is 16.0 Å². The van der Waals surface area contributed by atoms with Crippen LogP contribution in [0.1, 0.15) is 19.8 Å². The molecule has 1 saturated heterocycles. The smallest absolute Gasteiger partial charge is 0.247 e. The molecule has 0 aromatic carbocycles. The average molecular weight is 237 g/mol. The van der Waals surface area contributed by atoms with Crippen molar-refractivity contribution < 1.29 is 9.59 Å². The summed E-state index contributed by atoms with van der Waals surface area (Å²) in [6.07, 6.45) is 2.02. The van der Waals surface area contributed by atoms with Crippen LogP contribution in [-0.2, 0) is 9.59 Å². The Bertz CT molecular complexity index is 353. The van der Waals surface area contributed by atoms with Crippen LogP contribution < -0.4 is 16.0 Å². The van der Waals surface area contributed by atoms with Crippen LogP contribution in [0.4, 0.5) is 0 Å². The lowest BCUT2D eigenvalue weighted by Gasteiger charge is -2.21. The minimum atomic E-state index is -0.0258. The van der Waals surface area contributed by atoms with Gasteiger partial charge in [-0.15, -0.1) is 0 Å². The van der Waals surface area contributed by atoms with Crippen molar-refractivity contribution in [3.05, 3.63) is 11.1 Å². The van der Waals surface area contributed by atoms with E-state index in [0.717, 1.165) is 31.5 Å². The first-order valence-electron chi connectivity index (χ1n) is 6.13. The molecule has 0 atom stereocenters. The second-order valence-corrected chi connectivity index (χ2v) is 4.65. The summed E-state index contributed by atoms with van der Waals surface area (Å²) in [6.45, 7) is 4.49. The van der Waals surface area contributed by atoms with E-state index in [1.54, 1.807) is 0 Å². The van der Waals surface area contributed by atoms with Crippen LogP contribution in [0.25, 0.3) is 0 Å². The van der Waals surface area contributed by atoms with Gasteiger partial charge in [0.05, 0.1) is 0 Å². The van der Waals surface area contributed by atoms with Gasteiger partial charge in [0.1, 0.15) is 0 Å². The van der Waals surface area contributed by atoms with E-state index in [0.29, 0.717) is 13.1 Å². The van der Waals surface area contributed by atoms with Crippen LogP contribution in [0, 0.1) is 5.92 Å². The lowest BCUT2D eigenvalue weighted by molar-refractivity contribution is -0.122. The molecular formula is C12H19N3O2. The maximum Gasteiger partial charge on any atom is 0.247 e. The molecule has 1 heterocycles. The Morgan fingerprint density at radius 3 is 2.41 bits per heavy atom. The minimum absolute atomic E-state index is 0.0258. The minimum Gasteiger partial charge on any atom is -0.354 e. The van der Waals surface area contributed by atoms with Gasteiger partial charge in [0.2, 0.25) is 11.8 Å². The normalized spacial score (nSPS) is 18.3. The van der Waals surface area contributed by atoms with Gasteiger partial charge in [-0.1, -0.05) is 0 Å². The van der Waals surface area contributed by atoms with Crippen molar-refractivity contribution in [2.24, 2.45) is 5.92 Å². The Morgan fingerprint density at radius 1 is 1.24 bits per heavy atom. The number of rotatable bonds is 5. The molecule has 1 aliphatic carbocycles. The van der Waals surface area contributed by atoms with Crippen LogP contribution >= 0.6 is 0 Å². The molecule has 0 aromatic rings. The van der Waals surface area contributed by atoms with Gasteiger partial charge in [0.15, 0.2) is 0 Å². The van der Waals surface area contributed by atoms with Gasteiger partial charge >= 0.3 is 0 Å². The summed E-state index contributed by atoms with van der Waals surface area (Å²) in [5, 5.41) is 8.72. The zero-order valence-electron chi connectivity index (χ0n) is 10.1. The molecule has 1 saturated carbocycles. The third-order valence-corrected chi connectivity index (χ3v) is 3.21. The van der Waals surface area contributed by atoms with E-state index in [4.69, 9.17) is 0 Å². The third-order valence-electron chi connectivity index (χ3n) is 3.21. The number of amides is 2. The summed E-state index contributed by atoms with van der Waals surface area (Å²) in [5.41, 5.74) is 1.97. The average Bonchev–Trinajstić information content (AvgIpc) is 3.04. The van der Waals surface area contributed by atoms with E-state index in [9.17, 15) is 9.59 Å². The molecule has 1 aliphatic heterocycles. The summed E-state index contributed by atoms with van der Waals surface area (Å²) in [5.74, 6) is 0.329. The predicted octanol–water partition coefficient (Wildman–Crippen LogP) is -0.451. The fourth-order valence-electron chi connectivity index (χ4n) is 1.66. The molecule has 0 radical (unpaired) electrons.